The molecule has 2 rings (SSSR count). The van der Waals surface area contributed by atoms with Gasteiger partial charge in [0.05, 0.1) is 27.9 Å². The number of aryl methyl sites for hydroxylation is 1. The third-order valence-electron chi connectivity index (χ3n) is 4.10. The summed E-state index contributed by atoms with van der Waals surface area (Å²) in [6, 6.07) is 13.5. The van der Waals surface area contributed by atoms with E-state index in [9.17, 15) is 4.79 Å². The van der Waals surface area contributed by atoms with Crippen molar-refractivity contribution in [2.45, 2.75) is 13.5 Å². The van der Waals surface area contributed by atoms with Crippen molar-refractivity contribution in [1.82, 2.24) is 4.90 Å². The normalized spacial score (nSPS) is 10.6. The van der Waals surface area contributed by atoms with Gasteiger partial charge in [-0.15, -0.1) is 0 Å². The minimum absolute atomic E-state index is 0.174. The van der Waals surface area contributed by atoms with Crippen LogP contribution in [0.25, 0.3) is 0 Å². The van der Waals surface area contributed by atoms with E-state index in [0.29, 0.717) is 31.2 Å². The topological polar surface area (TPSA) is 57.2 Å². The number of hydrogen-bond donors (Lipinski definition) is 0. The second-order valence-electron chi connectivity index (χ2n) is 6.17. The van der Waals surface area contributed by atoms with Crippen LogP contribution < -0.4 is 14.2 Å². The number of carbonyl (C=O) groups is 1. The molecule has 0 amide bonds. The van der Waals surface area contributed by atoms with E-state index in [4.69, 9.17) is 18.9 Å². The summed E-state index contributed by atoms with van der Waals surface area (Å²) < 4.78 is 21.2. The Labute approximate surface area is 160 Å². The maximum absolute atomic E-state index is 11.8. The fourth-order valence-electron chi connectivity index (χ4n) is 2.60. The molecule has 2 aromatic rings. The van der Waals surface area contributed by atoms with E-state index in [-0.39, 0.29) is 12.5 Å². The molecule has 6 nitrogen and oxygen atoms in total. The molecule has 0 aliphatic heterocycles. The molecule has 0 N–H and O–H groups in total. The minimum Gasteiger partial charge on any atom is -0.497 e. The summed E-state index contributed by atoms with van der Waals surface area (Å²) in [6.45, 7) is 3.78. The third kappa shape index (κ3) is 6.83. The summed E-state index contributed by atoms with van der Waals surface area (Å²) in [7, 11) is 4.61. The molecule has 0 spiro atoms. The average Bonchev–Trinajstić information content (AvgIpc) is 2.68. The summed E-state index contributed by atoms with van der Waals surface area (Å²) in [6.07, 6.45) is 0. The lowest BCUT2D eigenvalue weighted by Gasteiger charge is -2.22. The van der Waals surface area contributed by atoms with Gasteiger partial charge in [0.15, 0.2) is 0 Å². The molecule has 0 radical (unpaired) electrons. The lowest BCUT2D eigenvalue weighted by Crippen LogP contribution is -2.33. The molecule has 0 aliphatic carbocycles. The Morgan fingerprint density at radius 3 is 2.11 bits per heavy atom. The standard InChI is InChI=1S/C21H27NO5/c1-16-5-7-18(8-6-16)27-10-9-22(15-21(23)26-4)14-17-11-19(24-2)13-20(12-17)25-3/h5-8,11-13H,9-10,14-15H2,1-4H3. The molecule has 0 heterocycles. The lowest BCUT2D eigenvalue weighted by molar-refractivity contribution is -0.142. The SMILES string of the molecule is COC(=O)CN(CCOc1ccc(C)cc1)Cc1cc(OC)cc(OC)c1. The molecular weight excluding hydrogens is 346 g/mol. The second kappa shape index (κ2) is 10.4. The molecule has 6 heteroatoms. The van der Waals surface area contributed by atoms with E-state index in [1.165, 1.54) is 12.7 Å². The summed E-state index contributed by atoms with van der Waals surface area (Å²) in [5.74, 6) is 1.93. The number of benzene rings is 2. The van der Waals surface area contributed by atoms with Crippen LogP contribution in [0, 0.1) is 6.92 Å². The molecule has 0 fully saturated rings. The molecule has 146 valence electrons. The highest BCUT2D eigenvalue weighted by Gasteiger charge is 2.13. The Balaban J connectivity index is 2.02. The van der Waals surface area contributed by atoms with E-state index in [1.54, 1.807) is 14.2 Å². The van der Waals surface area contributed by atoms with Crippen molar-refractivity contribution in [2.75, 3.05) is 41.0 Å². The zero-order valence-corrected chi connectivity index (χ0v) is 16.4. The number of methoxy groups -OCH3 is 3. The van der Waals surface area contributed by atoms with Crippen molar-refractivity contribution in [3.8, 4) is 17.2 Å². The monoisotopic (exact) mass is 373 g/mol. The Hall–Kier alpha value is -2.73. The predicted octanol–water partition coefficient (Wildman–Crippen LogP) is 3.07. The first-order valence-electron chi connectivity index (χ1n) is 8.74. The smallest absolute Gasteiger partial charge is 0.319 e. The quantitative estimate of drug-likeness (QED) is 0.597. The second-order valence-corrected chi connectivity index (χ2v) is 6.17. The molecule has 0 saturated carbocycles. The van der Waals surface area contributed by atoms with Crippen molar-refractivity contribution >= 4 is 5.97 Å². The number of ether oxygens (including phenoxy) is 4. The average molecular weight is 373 g/mol. The van der Waals surface area contributed by atoms with Gasteiger partial charge in [-0.2, -0.15) is 0 Å². The third-order valence-corrected chi connectivity index (χ3v) is 4.10. The van der Waals surface area contributed by atoms with Crippen molar-refractivity contribution in [3.05, 3.63) is 53.6 Å². The number of hydrogen-bond acceptors (Lipinski definition) is 6. The molecule has 0 aromatic heterocycles. The van der Waals surface area contributed by atoms with Crippen LogP contribution in [0.4, 0.5) is 0 Å². The van der Waals surface area contributed by atoms with Crippen LogP contribution >= 0.6 is 0 Å². The maximum atomic E-state index is 11.8. The summed E-state index contributed by atoms with van der Waals surface area (Å²) in [4.78, 5) is 13.7. The van der Waals surface area contributed by atoms with E-state index < -0.39 is 0 Å². The van der Waals surface area contributed by atoms with Crippen molar-refractivity contribution < 1.29 is 23.7 Å². The summed E-state index contributed by atoms with van der Waals surface area (Å²) in [5, 5.41) is 0. The first-order chi connectivity index (χ1) is 13.0. The van der Waals surface area contributed by atoms with E-state index in [0.717, 1.165) is 11.3 Å². The number of esters is 1. The first kappa shape index (κ1) is 20.6. The van der Waals surface area contributed by atoms with Gasteiger partial charge in [0.25, 0.3) is 0 Å². The van der Waals surface area contributed by atoms with Gasteiger partial charge in [-0.3, -0.25) is 9.69 Å². The van der Waals surface area contributed by atoms with Gasteiger partial charge in [-0.1, -0.05) is 17.7 Å². The Morgan fingerprint density at radius 1 is 0.926 bits per heavy atom. The largest absolute Gasteiger partial charge is 0.497 e. The molecule has 0 bridgehead atoms. The summed E-state index contributed by atoms with van der Waals surface area (Å²) >= 11 is 0. The zero-order chi connectivity index (χ0) is 19.6. The number of carbonyl (C=O) groups excluding carboxylic acids is 1. The van der Waals surface area contributed by atoms with Gasteiger partial charge in [-0.25, -0.2) is 0 Å². The lowest BCUT2D eigenvalue weighted by atomic mass is 10.2. The fourth-order valence-corrected chi connectivity index (χ4v) is 2.60. The highest BCUT2D eigenvalue weighted by Crippen LogP contribution is 2.23. The van der Waals surface area contributed by atoms with Crippen LogP contribution in [0.3, 0.4) is 0 Å². The fraction of sp³-hybridized carbons (Fsp3) is 0.381. The van der Waals surface area contributed by atoms with E-state index in [1.807, 2.05) is 54.3 Å². The maximum Gasteiger partial charge on any atom is 0.319 e. The van der Waals surface area contributed by atoms with Crippen LogP contribution in [0.1, 0.15) is 11.1 Å². The predicted molar refractivity (Wildman–Crippen MR) is 104 cm³/mol. The molecule has 2 aromatic carbocycles. The van der Waals surface area contributed by atoms with Crippen LogP contribution in [0.15, 0.2) is 42.5 Å². The van der Waals surface area contributed by atoms with Gasteiger partial charge in [0.2, 0.25) is 0 Å². The van der Waals surface area contributed by atoms with Gasteiger partial charge in [0.1, 0.15) is 23.9 Å². The summed E-state index contributed by atoms with van der Waals surface area (Å²) in [5.41, 5.74) is 2.16. The number of rotatable bonds is 10. The molecular formula is C21H27NO5. The van der Waals surface area contributed by atoms with Gasteiger partial charge in [-0.05, 0) is 36.8 Å². The molecule has 27 heavy (non-hydrogen) atoms. The highest BCUT2D eigenvalue weighted by atomic mass is 16.5. The molecule has 0 unspecified atom stereocenters. The van der Waals surface area contributed by atoms with Crippen molar-refractivity contribution in [1.29, 1.82) is 0 Å². The van der Waals surface area contributed by atoms with E-state index in [2.05, 4.69) is 0 Å². The highest BCUT2D eigenvalue weighted by molar-refractivity contribution is 5.71. The van der Waals surface area contributed by atoms with Crippen LogP contribution in [0.5, 0.6) is 17.2 Å². The molecule has 0 saturated heterocycles. The van der Waals surface area contributed by atoms with Crippen molar-refractivity contribution in [3.63, 3.8) is 0 Å². The van der Waals surface area contributed by atoms with Crippen LogP contribution in [-0.4, -0.2) is 51.9 Å². The van der Waals surface area contributed by atoms with E-state index >= 15 is 0 Å². The van der Waals surface area contributed by atoms with Gasteiger partial charge < -0.3 is 18.9 Å². The number of nitrogens with zero attached hydrogens (tertiary/aromatic N) is 1. The minimum atomic E-state index is -0.291. The first-order valence-corrected chi connectivity index (χ1v) is 8.74. The molecule has 0 atom stereocenters. The van der Waals surface area contributed by atoms with Crippen LogP contribution in [0.2, 0.25) is 0 Å². The Bertz CT molecular complexity index is 708. The van der Waals surface area contributed by atoms with Gasteiger partial charge >= 0.3 is 5.97 Å². The van der Waals surface area contributed by atoms with Gasteiger partial charge in [0, 0.05) is 19.2 Å². The Kier molecular flexibility index (Phi) is 7.95. The molecule has 0 aliphatic rings. The Morgan fingerprint density at radius 2 is 1.56 bits per heavy atom. The van der Waals surface area contributed by atoms with Crippen LogP contribution in [-0.2, 0) is 16.1 Å². The van der Waals surface area contributed by atoms with Crippen molar-refractivity contribution in [2.24, 2.45) is 0 Å². The zero-order valence-electron chi connectivity index (χ0n) is 16.4.